The molecule has 0 aliphatic carbocycles. The molecule has 1 N–H and O–H groups in total. The Morgan fingerprint density at radius 3 is 2.48 bits per heavy atom. The molecule has 0 fully saturated rings. The van der Waals surface area contributed by atoms with Gasteiger partial charge in [0.2, 0.25) is 5.91 Å². The zero-order valence-corrected chi connectivity index (χ0v) is 16.1. The average Bonchev–Trinajstić information content (AvgIpc) is 2.73. The van der Waals surface area contributed by atoms with E-state index in [2.05, 4.69) is 10.4 Å². The SMILES string of the molecule is CCOc1ccc(-c2ccc(=O)n(CCC(=O)NCc3ccc(F)cc3)n2)cc1. The summed E-state index contributed by atoms with van der Waals surface area (Å²) < 4.78 is 19.6. The lowest BCUT2D eigenvalue weighted by Crippen LogP contribution is -2.28. The van der Waals surface area contributed by atoms with Crippen molar-refractivity contribution < 1.29 is 13.9 Å². The first-order chi connectivity index (χ1) is 14.0. The van der Waals surface area contributed by atoms with Crippen molar-refractivity contribution in [3.63, 3.8) is 0 Å². The standard InChI is InChI=1S/C22H22FN3O3/c1-2-29-19-9-5-17(6-10-19)20-11-12-22(28)26(25-20)14-13-21(27)24-15-16-3-7-18(23)8-4-16/h3-12H,2,13-15H2,1H3,(H,24,27). The van der Waals surface area contributed by atoms with Crippen molar-refractivity contribution in [1.29, 1.82) is 0 Å². The molecule has 3 aromatic rings. The third-order valence-corrected chi connectivity index (χ3v) is 4.28. The highest BCUT2D eigenvalue weighted by Gasteiger charge is 2.07. The summed E-state index contributed by atoms with van der Waals surface area (Å²) in [7, 11) is 0. The Labute approximate surface area is 168 Å². The molecule has 0 atom stereocenters. The molecule has 150 valence electrons. The summed E-state index contributed by atoms with van der Waals surface area (Å²) in [5.74, 6) is 0.231. The zero-order chi connectivity index (χ0) is 20.6. The third kappa shape index (κ3) is 5.75. The Morgan fingerprint density at radius 1 is 1.07 bits per heavy atom. The first kappa shape index (κ1) is 20.3. The van der Waals surface area contributed by atoms with Crippen LogP contribution < -0.4 is 15.6 Å². The molecule has 0 radical (unpaired) electrons. The Balaban J connectivity index is 1.60. The molecule has 0 aliphatic heterocycles. The van der Waals surface area contributed by atoms with Gasteiger partial charge < -0.3 is 10.1 Å². The molecule has 0 unspecified atom stereocenters. The Morgan fingerprint density at radius 2 is 1.79 bits per heavy atom. The molecular weight excluding hydrogens is 373 g/mol. The molecule has 1 aromatic heterocycles. The summed E-state index contributed by atoms with van der Waals surface area (Å²) in [5, 5.41) is 7.11. The largest absolute Gasteiger partial charge is 0.494 e. The van der Waals surface area contributed by atoms with Crippen molar-refractivity contribution in [2.24, 2.45) is 0 Å². The van der Waals surface area contributed by atoms with Crippen molar-refractivity contribution in [3.05, 3.63) is 82.4 Å². The second-order valence-corrected chi connectivity index (χ2v) is 6.39. The van der Waals surface area contributed by atoms with Gasteiger partial charge in [-0.3, -0.25) is 9.59 Å². The van der Waals surface area contributed by atoms with Gasteiger partial charge in [0, 0.05) is 24.6 Å². The van der Waals surface area contributed by atoms with Crippen molar-refractivity contribution in [2.75, 3.05) is 6.61 Å². The molecule has 0 saturated heterocycles. The molecule has 1 amide bonds. The highest BCUT2D eigenvalue weighted by Crippen LogP contribution is 2.19. The van der Waals surface area contributed by atoms with E-state index in [1.54, 1.807) is 18.2 Å². The van der Waals surface area contributed by atoms with Crippen LogP contribution in [0.5, 0.6) is 5.75 Å². The number of nitrogens with zero attached hydrogens (tertiary/aromatic N) is 2. The van der Waals surface area contributed by atoms with E-state index in [4.69, 9.17) is 4.74 Å². The minimum Gasteiger partial charge on any atom is -0.494 e. The van der Waals surface area contributed by atoms with Gasteiger partial charge in [-0.25, -0.2) is 9.07 Å². The number of carbonyl (C=O) groups is 1. The van der Waals surface area contributed by atoms with Crippen LogP contribution in [0.25, 0.3) is 11.3 Å². The highest BCUT2D eigenvalue weighted by atomic mass is 19.1. The number of halogens is 1. The normalized spacial score (nSPS) is 10.6. The highest BCUT2D eigenvalue weighted by molar-refractivity contribution is 5.75. The average molecular weight is 395 g/mol. The van der Waals surface area contributed by atoms with Crippen LogP contribution in [0.3, 0.4) is 0 Å². The summed E-state index contributed by atoms with van der Waals surface area (Å²) in [5.41, 5.74) is 2.01. The maximum atomic E-state index is 12.9. The molecule has 7 heteroatoms. The summed E-state index contributed by atoms with van der Waals surface area (Å²) in [6.07, 6.45) is 0.112. The van der Waals surface area contributed by atoms with Crippen molar-refractivity contribution >= 4 is 5.91 Å². The Hall–Kier alpha value is -3.48. The van der Waals surface area contributed by atoms with Crippen LogP contribution in [-0.4, -0.2) is 22.3 Å². The van der Waals surface area contributed by atoms with Gasteiger partial charge in [0.25, 0.3) is 5.56 Å². The second kappa shape index (κ2) is 9.64. The molecule has 0 aliphatic rings. The number of hydrogen-bond donors (Lipinski definition) is 1. The van der Waals surface area contributed by atoms with Crippen LogP contribution in [0.1, 0.15) is 18.9 Å². The number of hydrogen-bond acceptors (Lipinski definition) is 4. The van der Waals surface area contributed by atoms with Gasteiger partial charge in [-0.15, -0.1) is 0 Å². The molecule has 0 saturated carbocycles. The number of rotatable bonds is 8. The van der Waals surface area contributed by atoms with E-state index in [1.807, 2.05) is 31.2 Å². The fourth-order valence-electron chi connectivity index (χ4n) is 2.75. The van der Waals surface area contributed by atoms with Crippen LogP contribution in [0.4, 0.5) is 4.39 Å². The van der Waals surface area contributed by atoms with Crippen LogP contribution >= 0.6 is 0 Å². The zero-order valence-electron chi connectivity index (χ0n) is 16.1. The molecule has 2 aromatic carbocycles. The summed E-state index contributed by atoms with van der Waals surface area (Å²) in [4.78, 5) is 24.2. The molecule has 1 heterocycles. The lowest BCUT2D eigenvalue weighted by atomic mass is 10.1. The number of aromatic nitrogens is 2. The van der Waals surface area contributed by atoms with Gasteiger partial charge in [0.05, 0.1) is 18.8 Å². The summed E-state index contributed by atoms with van der Waals surface area (Å²) in [6.45, 7) is 2.97. The second-order valence-electron chi connectivity index (χ2n) is 6.39. The molecule has 0 spiro atoms. The number of aryl methyl sites for hydroxylation is 1. The van der Waals surface area contributed by atoms with Crippen LogP contribution in [-0.2, 0) is 17.9 Å². The van der Waals surface area contributed by atoms with E-state index in [0.717, 1.165) is 16.9 Å². The van der Waals surface area contributed by atoms with E-state index in [0.29, 0.717) is 18.8 Å². The maximum Gasteiger partial charge on any atom is 0.266 e. The molecule has 6 nitrogen and oxygen atoms in total. The minimum atomic E-state index is -0.321. The number of benzene rings is 2. The first-order valence-electron chi connectivity index (χ1n) is 9.37. The van der Waals surface area contributed by atoms with Crippen LogP contribution in [0.15, 0.2) is 65.5 Å². The van der Waals surface area contributed by atoms with E-state index in [1.165, 1.54) is 22.9 Å². The predicted octanol–water partition coefficient (Wildman–Crippen LogP) is 3.15. The fourth-order valence-corrected chi connectivity index (χ4v) is 2.75. The van der Waals surface area contributed by atoms with Gasteiger partial charge in [-0.05, 0) is 55.0 Å². The van der Waals surface area contributed by atoms with Gasteiger partial charge in [-0.1, -0.05) is 12.1 Å². The Kier molecular flexibility index (Phi) is 6.73. The van der Waals surface area contributed by atoms with Gasteiger partial charge in [0.1, 0.15) is 11.6 Å². The van der Waals surface area contributed by atoms with Gasteiger partial charge in [0.15, 0.2) is 0 Å². The lowest BCUT2D eigenvalue weighted by molar-refractivity contribution is -0.121. The van der Waals surface area contributed by atoms with Gasteiger partial charge >= 0.3 is 0 Å². The topological polar surface area (TPSA) is 73.2 Å². The van der Waals surface area contributed by atoms with Crippen LogP contribution in [0.2, 0.25) is 0 Å². The molecule has 0 bridgehead atoms. The van der Waals surface area contributed by atoms with Crippen molar-refractivity contribution in [1.82, 2.24) is 15.1 Å². The number of carbonyl (C=O) groups excluding carboxylic acids is 1. The first-order valence-corrected chi connectivity index (χ1v) is 9.37. The Bertz CT molecular complexity index is 1010. The fraction of sp³-hybridized carbons (Fsp3) is 0.227. The van der Waals surface area contributed by atoms with Gasteiger partial charge in [-0.2, -0.15) is 5.10 Å². The lowest BCUT2D eigenvalue weighted by Gasteiger charge is -2.09. The maximum absolute atomic E-state index is 12.9. The third-order valence-electron chi connectivity index (χ3n) is 4.28. The summed E-state index contributed by atoms with van der Waals surface area (Å²) in [6, 6.07) is 16.4. The molecule has 3 rings (SSSR count). The van der Waals surface area contributed by atoms with Crippen LogP contribution in [0, 0.1) is 5.82 Å². The van der Waals surface area contributed by atoms with E-state index in [-0.39, 0.29) is 30.2 Å². The smallest absolute Gasteiger partial charge is 0.266 e. The van der Waals surface area contributed by atoms with Crippen molar-refractivity contribution in [2.45, 2.75) is 26.4 Å². The van der Waals surface area contributed by atoms with E-state index >= 15 is 0 Å². The van der Waals surface area contributed by atoms with Crippen molar-refractivity contribution in [3.8, 4) is 17.0 Å². The quantitative estimate of drug-likeness (QED) is 0.636. The molecule has 29 heavy (non-hydrogen) atoms. The minimum absolute atomic E-state index is 0.112. The monoisotopic (exact) mass is 395 g/mol. The number of nitrogens with one attached hydrogen (secondary N) is 1. The molecular formula is C22H22FN3O3. The number of ether oxygens (including phenoxy) is 1. The predicted molar refractivity (Wildman–Crippen MR) is 108 cm³/mol. The van der Waals surface area contributed by atoms with E-state index in [9.17, 15) is 14.0 Å². The summed E-state index contributed by atoms with van der Waals surface area (Å²) >= 11 is 0. The van der Waals surface area contributed by atoms with E-state index < -0.39 is 0 Å². The number of amides is 1.